The predicted molar refractivity (Wildman–Crippen MR) is 157 cm³/mol. The van der Waals surface area contributed by atoms with Gasteiger partial charge in [-0.1, -0.05) is 54.6 Å². The Bertz CT molecular complexity index is 1570. The highest BCUT2D eigenvalue weighted by Crippen LogP contribution is 2.47. The molecule has 0 aromatic heterocycles. The summed E-state index contributed by atoms with van der Waals surface area (Å²) in [5.74, 6) is 0. The Kier molecular flexibility index (Phi) is 6.04. The van der Waals surface area contributed by atoms with Crippen LogP contribution in [0.1, 0.15) is 19.4 Å². The van der Waals surface area contributed by atoms with E-state index in [1.807, 2.05) is 0 Å². The van der Waals surface area contributed by atoms with Gasteiger partial charge in [-0.05, 0) is 65.7 Å². The lowest BCUT2D eigenvalue weighted by molar-refractivity contribution is -0.780. The maximum absolute atomic E-state index is 2.52. The molecule has 5 aromatic carbocycles. The second kappa shape index (κ2) is 9.17. The van der Waals surface area contributed by atoms with Gasteiger partial charge in [0, 0.05) is 32.6 Å². The summed E-state index contributed by atoms with van der Waals surface area (Å²) in [6, 6.07) is 33.6. The zero-order valence-corrected chi connectivity index (χ0v) is 24.7. The highest BCUT2D eigenvalue weighted by molar-refractivity contribution is 5.97. The van der Waals surface area contributed by atoms with Crippen LogP contribution in [0.4, 0.5) is 34.1 Å². The number of fused-ring (bicyclic) bond motifs is 4. The fourth-order valence-electron chi connectivity index (χ4n) is 6.51. The second-order valence-electron chi connectivity index (χ2n) is 10.7. The van der Waals surface area contributed by atoms with Crippen molar-refractivity contribution in [2.24, 2.45) is 0 Å². The number of nitrogens with zero attached hydrogens (tertiary/aromatic N) is 3. The van der Waals surface area contributed by atoms with Crippen LogP contribution in [-0.2, 0) is 0 Å². The molecule has 0 fully saturated rings. The van der Waals surface area contributed by atoms with Gasteiger partial charge in [0.2, 0.25) is 0 Å². The first-order chi connectivity index (χ1) is 17.9. The van der Waals surface area contributed by atoms with Crippen molar-refractivity contribution in [2.45, 2.75) is 33.1 Å². The first-order valence-electron chi connectivity index (χ1n) is 13.2. The minimum absolute atomic E-state index is 0. The second-order valence-corrected chi connectivity index (χ2v) is 10.7. The summed E-state index contributed by atoms with van der Waals surface area (Å²) in [6.45, 7) is 6.94. The SMILES string of the molecule is Cc1c(N2c3cc4ccccc4cc3N(C)[C@H]2C)cccc1[NH+]1c2cc3ccccc3cc2N(C)[C@@H]1C.[I-]. The number of benzene rings is 5. The van der Waals surface area contributed by atoms with Crippen LogP contribution in [-0.4, -0.2) is 26.4 Å². The van der Waals surface area contributed by atoms with E-state index in [1.54, 1.807) is 0 Å². The first-order valence-corrected chi connectivity index (χ1v) is 13.2. The van der Waals surface area contributed by atoms with Gasteiger partial charge in [-0.3, -0.25) is 0 Å². The van der Waals surface area contributed by atoms with Gasteiger partial charge in [0.25, 0.3) is 0 Å². The van der Waals surface area contributed by atoms with Gasteiger partial charge in [0.1, 0.15) is 17.5 Å². The fraction of sp³-hybridized carbons (Fsp3) is 0.212. The molecule has 0 saturated heterocycles. The molecule has 5 aromatic rings. The average molecular weight is 613 g/mol. The van der Waals surface area contributed by atoms with Crippen molar-refractivity contribution in [2.75, 3.05) is 28.8 Å². The minimum Gasteiger partial charge on any atom is -1.00 e. The van der Waals surface area contributed by atoms with Crippen LogP contribution in [0.2, 0.25) is 0 Å². The van der Waals surface area contributed by atoms with E-state index in [9.17, 15) is 0 Å². The third kappa shape index (κ3) is 3.52. The smallest absolute Gasteiger partial charge is 0.169 e. The number of quaternary nitrogens is 1. The first kappa shape index (κ1) is 25.0. The van der Waals surface area contributed by atoms with Gasteiger partial charge in [0.05, 0.1) is 17.1 Å². The molecule has 38 heavy (non-hydrogen) atoms. The molecular weight excluding hydrogens is 579 g/mol. The summed E-state index contributed by atoms with van der Waals surface area (Å²) < 4.78 is 0. The van der Waals surface area contributed by atoms with Gasteiger partial charge in [-0.2, -0.15) is 0 Å². The molecule has 192 valence electrons. The molecule has 2 aliphatic heterocycles. The van der Waals surface area contributed by atoms with E-state index >= 15 is 0 Å². The highest BCUT2D eigenvalue weighted by atomic mass is 127. The topological polar surface area (TPSA) is 14.2 Å². The van der Waals surface area contributed by atoms with Gasteiger partial charge < -0.3 is 38.7 Å². The normalized spacial score (nSPS) is 20.1. The van der Waals surface area contributed by atoms with Crippen molar-refractivity contribution in [3.05, 3.63) is 96.6 Å². The lowest BCUT2D eigenvalue weighted by Crippen LogP contribution is -3.06. The summed E-state index contributed by atoms with van der Waals surface area (Å²) in [6.07, 6.45) is 0.529. The molecule has 3 atom stereocenters. The lowest BCUT2D eigenvalue weighted by Gasteiger charge is -2.30. The van der Waals surface area contributed by atoms with E-state index in [4.69, 9.17) is 0 Å². The summed E-state index contributed by atoms with van der Waals surface area (Å²) in [5, 5.41) is 5.16. The number of rotatable bonds is 2. The molecular formula is C33H33IN4. The van der Waals surface area contributed by atoms with Crippen LogP contribution in [0.5, 0.6) is 0 Å². The fourth-order valence-corrected chi connectivity index (χ4v) is 6.51. The molecule has 2 aliphatic rings. The van der Waals surface area contributed by atoms with Crippen molar-refractivity contribution in [1.82, 2.24) is 0 Å². The van der Waals surface area contributed by atoms with Gasteiger partial charge >= 0.3 is 0 Å². The van der Waals surface area contributed by atoms with Gasteiger partial charge in [-0.15, -0.1) is 0 Å². The maximum Gasteiger partial charge on any atom is 0.169 e. The Morgan fingerprint density at radius 2 is 1.13 bits per heavy atom. The molecule has 0 amide bonds. The van der Waals surface area contributed by atoms with Crippen LogP contribution in [0, 0.1) is 6.92 Å². The Hall–Kier alpha value is -3.29. The highest BCUT2D eigenvalue weighted by Gasteiger charge is 2.40. The van der Waals surface area contributed by atoms with E-state index in [0.29, 0.717) is 6.17 Å². The molecule has 0 spiro atoms. The number of anilines is 4. The Morgan fingerprint density at radius 3 is 1.76 bits per heavy atom. The molecule has 0 saturated carbocycles. The number of halogens is 1. The molecule has 5 heteroatoms. The molecule has 2 heterocycles. The number of nitrogens with one attached hydrogen (secondary N) is 1. The lowest BCUT2D eigenvalue weighted by atomic mass is 10.1. The van der Waals surface area contributed by atoms with Crippen LogP contribution >= 0.6 is 0 Å². The zero-order chi connectivity index (χ0) is 25.4. The molecule has 0 bridgehead atoms. The predicted octanol–water partition coefficient (Wildman–Crippen LogP) is 3.88. The number of hydrogen-bond donors (Lipinski definition) is 1. The Labute approximate surface area is 242 Å². The minimum atomic E-state index is 0. The quantitative estimate of drug-likeness (QED) is 0.305. The molecule has 1 N–H and O–H groups in total. The number of hydrogen-bond acceptors (Lipinski definition) is 3. The molecule has 1 unspecified atom stereocenters. The van der Waals surface area contributed by atoms with Crippen LogP contribution in [0.25, 0.3) is 21.5 Å². The third-order valence-corrected chi connectivity index (χ3v) is 8.80. The molecule has 4 nitrogen and oxygen atoms in total. The van der Waals surface area contributed by atoms with Crippen LogP contribution < -0.4 is 43.6 Å². The maximum atomic E-state index is 2.52. The van der Waals surface area contributed by atoms with Crippen molar-refractivity contribution >= 4 is 55.7 Å². The summed E-state index contributed by atoms with van der Waals surface area (Å²) >= 11 is 0. The van der Waals surface area contributed by atoms with E-state index < -0.39 is 0 Å². The monoisotopic (exact) mass is 612 g/mol. The molecule has 0 aliphatic carbocycles. The summed E-state index contributed by atoms with van der Waals surface area (Å²) in [7, 11) is 4.44. The van der Waals surface area contributed by atoms with E-state index in [1.165, 1.54) is 66.1 Å². The van der Waals surface area contributed by atoms with Crippen molar-refractivity contribution in [3.8, 4) is 0 Å². The van der Waals surface area contributed by atoms with E-state index in [2.05, 4.69) is 141 Å². The van der Waals surface area contributed by atoms with Crippen molar-refractivity contribution in [1.29, 1.82) is 0 Å². The van der Waals surface area contributed by atoms with Crippen molar-refractivity contribution in [3.63, 3.8) is 0 Å². The van der Waals surface area contributed by atoms with E-state index in [0.717, 1.165) is 0 Å². The Morgan fingerprint density at radius 1 is 0.579 bits per heavy atom. The van der Waals surface area contributed by atoms with Gasteiger partial charge in [-0.25, -0.2) is 4.90 Å². The van der Waals surface area contributed by atoms with Crippen molar-refractivity contribution < 1.29 is 28.9 Å². The van der Waals surface area contributed by atoms with Crippen LogP contribution in [0.15, 0.2) is 91.0 Å². The average Bonchev–Trinajstić information content (AvgIpc) is 3.30. The van der Waals surface area contributed by atoms with Crippen LogP contribution in [0.3, 0.4) is 0 Å². The molecule has 0 radical (unpaired) electrons. The molecule has 7 rings (SSSR count). The summed E-state index contributed by atoms with van der Waals surface area (Å²) in [5.41, 5.74) is 9.19. The zero-order valence-electron chi connectivity index (χ0n) is 22.5. The summed E-state index contributed by atoms with van der Waals surface area (Å²) in [4.78, 5) is 8.76. The van der Waals surface area contributed by atoms with Gasteiger partial charge in [0.15, 0.2) is 11.9 Å². The largest absolute Gasteiger partial charge is 1.00 e. The van der Waals surface area contributed by atoms with E-state index in [-0.39, 0.29) is 30.1 Å². The Balaban J connectivity index is 0.00000264. The third-order valence-electron chi connectivity index (χ3n) is 8.80. The standard InChI is InChI=1S/C33H32N4.HI/c1-21-28(36-22(2)34(4)30-17-24-11-6-8-13-26(24)19-32(30)36)15-10-16-29(21)37-23(3)35(5)31-18-25-12-7-9-14-27(25)20-33(31)37;/h6-20,22-23H,1-5H3;1H/t22-,23+;.